The van der Waals surface area contributed by atoms with Crippen LogP contribution in [0.4, 0.5) is 10.1 Å². The first-order valence-electron chi connectivity index (χ1n) is 3.86. The van der Waals surface area contributed by atoms with E-state index in [0.29, 0.717) is 10.9 Å². The van der Waals surface area contributed by atoms with Gasteiger partial charge in [-0.15, -0.1) is 0 Å². The summed E-state index contributed by atoms with van der Waals surface area (Å²) in [4.78, 5) is 13.7. The summed E-state index contributed by atoms with van der Waals surface area (Å²) in [7, 11) is 0. The second-order valence-corrected chi connectivity index (χ2v) is 2.79. The van der Waals surface area contributed by atoms with Crippen LogP contribution >= 0.6 is 0 Å². The quantitative estimate of drug-likeness (QED) is 0.514. The first kappa shape index (κ1) is 8.55. The van der Waals surface area contributed by atoms with E-state index in [1.54, 1.807) is 0 Å². The van der Waals surface area contributed by atoms with Gasteiger partial charge in [0, 0.05) is 11.5 Å². The third-order valence-corrected chi connectivity index (χ3v) is 1.84. The van der Waals surface area contributed by atoms with Crippen LogP contribution in [0.5, 0.6) is 0 Å². The number of rotatable bonds is 1. The monoisotopic (exact) mass is 192 g/mol. The second kappa shape index (κ2) is 3.02. The minimum absolute atomic E-state index is 0.136. The number of fused-ring (bicyclic) bond motifs is 1. The third kappa shape index (κ3) is 1.39. The van der Waals surface area contributed by atoms with Gasteiger partial charge in [0.1, 0.15) is 12.0 Å². The number of benzene rings is 1. The summed E-state index contributed by atoms with van der Waals surface area (Å²) in [5.41, 5.74) is 0.403. The maximum Gasteiger partial charge on any atom is 0.288 e. The lowest BCUT2D eigenvalue weighted by molar-refractivity contribution is -0.385. The van der Waals surface area contributed by atoms with Gasteiger partial charge in [-0.3, -0.25) is 10.1 Å². The first-order chi connectivity index (χ1) is 6.66. The molecule has 0 atom stereocenters. The fourth-order valence-corrected chi connectivity index (χ4v) is 1.19. The fraction of sp³-hybridized carbons (Fsp3) is 0. The molecule has 0 fully saturated rings. The molecule has 0 saturated carbocycles. The Morgan fingerprint density at radius 2 is 2.14 bits per heavy atom. The van der Waals surface area contributed by atoms with E-state index in [-0.39, 0.29) is 5.69 Å². The number of hydrogen-bond acceptors (Lipinski definition) is 3. The van der Waals surface area contributed by atoms with Gasteiger partial charge in [0.05, 0.1) is 10.4 Å². The molecular formula is C9H5FN2O2. The van der Waals surface area contributed by atoms with Crippen LogP contribution in [0.3, 0.4) is 0 Å². The van der Waals surface area contributed by atoms with E-state index in [2.05, 4.69) is 4.98 Å². The molecule has 2 rings (SSSR count). The Bertz CT molecular complexity index is 513. The van der Waals surface area contributed by atoms with Crippen LogP contribution in [0.25, 0.3) is 10.9 Å². The number of aromatic nitrogens is 1. The molecule has 1 aromatic carbocycles. The van der Waals surface area contributed by atoms with Crippen molar-refractivity contribution in [3.63, 3.8) is 0 Å². The number of pyridine rings is 1. The molecule has 0 aliphatic carbocycles. The van der Waals surface area contributed by atoms with Crippen molar-refractivity contribution in [2.45, 2.75) is 0 Å². The van der Waals surface area contributed by atoms with Gasteiger partial charge in [0.25, 0.3) is 5.69 Å². The zero-order valence-corrected chi connectivity index (χ0v) is 6.98. The summed E-state index contributed by atoms with van der Waals surface area (Å²) in [6.07, 6.45) is 1.15. The lowest BCUT2D eigenvalue weighted by Crippen LogP contribution is -1.89. The van der Waals surface area contributed by atoms with Gasteiger partial charge in [-0.2, -0.15) is 0 Å². The molecule has 4 nitrogen and oxygen atoms in total. The summed E-state index contributed by atoms with van der Waals surface area (Å²) in [5.74, 6) is -0.431. The van der Waals surface area contributed by atoms with E-state index in [0.717, 1.165) is 6.20 Å². The molecule has 14 heavy (non-hydrogen) atoms. The molecule has 5 heteroatoms. The van der Waals surface area contributed by atoms with Crippen molar-refractivity contribution < 1.29 is 9.31 Å². The Kier molecular flexibility index (Phi) is 1.85. The SMILES string of the molecule is O=[N+]([O-])c1cnc2ccc(F)cc2c1. The van der Waals surface area contributed by atoms with Crippen molar-refractivity contribution in [2.75, 3.05) is 0 Å². The molecule has 0 aliphatic heterocycles. The van der Waals surface area contributed by atoms with Crippen LogP contribution in [-0.2, 0) is 0 Å². The van der Waals surface area contributed by atoms with Crippen molar-refractivity contribution in [3.8, 4) is 0 Å². The summed E-state index contributed by atoms with van der Waals surface area (Å²) < 4.78 is 12.8. The van der Waals surface area contributed by atoms with Crippen LogP contribution in [0.1, 0.15) is 0 Å². The Balaban J connectivity index is 2.69. The highest BCUT2D eigenvalue weighted by Crippen LogP contribution is 2.18. The fourth-order valence-electron chi connectivity index (χ4n) is 1.19. The van der Waals surface area contributed by atoms with E-state index >= 15 is 0 Å². The lowest BCUT2D eigenvalue weighted by Gasteiger charge is -1.96. The summed E-state index contributed by atoms with van der Waals surface area (Å²) in [5, 5.41) is 10.8. The van der Waals surface area contributed by atoms with Crippen molar-refractivity contribution in [1.29, 1.82) is 0 Å². The smallest absolute Gasteiger partial charge is 0.258 e. The summed E-state index contributed by atoms with van der Waals surface area (Å²) in [6.45, 7) is 0. The van der Waals surface area contributed by atoms with Crippen LogP contribution in [-0.4, -0.2) is 9.91 Å². The van der Waals surface area contributed by atoms with Crippen molar-refractivity contribution in [1.82, 2.24) is 4.98 Å². The number of nitro groups is 1. The molecule has 0 spiro atoms. The minimum atomic E-state index is -0.558. The van der Waals surface area contributed by atoms with Crippen LogP contribution in [0.2, 0.25) is 0 Å². The molecule has 0 N–H and O–H groups in total. The minimum Gasteiger partial charge on any atom is -0.258 e. The van der Waals surface area contributed by atoms with Gasteiger partial charge in [0.2, 0.25) is 0 Å². The average Bonchev–Trinajstić information content (AvgIpc) is 2.16. The highest BCUT2D eigenvalue weighted by Gasteiger charge is 2.07. The molecule has 2 aromatic rings. The maximum absolute atomic E-state index is 12.8. The molecule has 0 bridgehead atoms. The molecule has 0 saturated heterocycles. The first-order valence-corrected chi connectivity index (χ1v) is 3.86. The average molecular weight is 192 g/mol. The van der Waals surface area contributed by atoms with Gasteiger partial charge in [-0.25, -0.2) is 9.37 Å². The Morgan fingerprint density at radius 3 is 2.86 bits per heavy atom. The zero-order valence-electron chi connectivity index (χ0n) is 6.98. The second-order valence-electron chi connectivity index (χ2n) is 2.79. The molecule has 0 unspecified atom stereocenters. The van der Waals surface area contributed by atoms with Crippen molar-refractivity contribution in [2.24, 2.45) is 0 Å². The van der Waals surface area contributed by atoms with Crippen LogP contribution in [0, 0.1) is 15.9 Å². The standard InChI is InChI=1S/C9H5FN2O2/c10-7-1-2-9-6(3-7)4-8(5-11-9)12(13)14/h1-5H. The normalized spacial score (nSPS) is 10.4. The maximum atomic E-state index is 12.8. The van der Waals surface area contributed by atoms with Crippen molar-refractivity contribution >= 4 is 16.6 Å². The third-order valence-electron chi connectivity index (χ3n) is 1.84. The number of nitrogens with zero attached hydrogens (tertiary/aromatic N) is 2. The zero-order chi connectivity index (χ0) is 10.1. The number of hydrogen-bond donors (Lipinski definition) is 0. The van der Waals surface area contributed by atoms with Gasteiger partial charge in [-0.05, 0) is 18.2 Å². The van der Waals surface area contributed by atoms with Crippen molar-refractivity contribution in [3.05, 3.63) is 46.4 Å². The van der Waals surface area contributed by atoms with E-state index in [9.17, 15) is 14.5 Å². The predicted molar refractivity (Wildman–Crippen MR) is 48.4 cm³/mol. The summed E-state index contributed by atoms with van der Waals surface area (Å²) >= 11 is 0. The van der Waals surface area contributed by atoms with Crippen LogP contribution < -0.4 is 0 Å². The molecule has 0 amide bonds. The van der Waals surface area contributed by atoms with Gasteiger partial charge < -0.3 is 0 Å². The van der Waals surface area contributed by atoms with Crippen LogP contribution in [0.15, 0.2) is 30.5 Å². The molecule has 70 valence electrons. The summed E-state index contributed by atoms with van der Waals surface area (Å²) in [6, 6.07) is 5.26. The van der Waals surface area contributed by atoms with E-state index in [1.165, 1.54) is 24.3 Å². The predicted octanol–water partition coefficient (Wildman–Crippen LogP) is 2.28. The Morgan fingerprint density at radius 1 is 1.36 bits per heavy atom. The largest absolute Gasteiger partial charge is 0.288 e. The highest BCUT2D eigenvalue weighted by molar-refractivity contribution is 5.80. The molecule has 1 heterocycles. The Hall–Kier alpha value is -2.04. The van der Waals surface area contributed by atoms with Gasteiger partial charge in [-0.1, -0.05) is 0 Å². The molecule has 0 radical (unpaired) electrons. The van der Waals surface area contributed by atoms with Gasteiger partial charge in [0.15, 0.2) is 0 Å². The van der Waals surface area contributed by atoms with E-state index in [4.69, 9.17) is 0 Å². The number of halogens is 1. The molecule has 1 aromatic heterocycles. The molecular weight excluding hydrogens is 187 g/mol. The Labute approximate surface area is 78.2 Å². The van der Waals surface area contributed by atoms with E-state index < -0.39 is 10.7 Å². The lowest BCUT2D eigenvalue weighted by atomic mass is 10.2. The van der Waals surface area contributed by atoms with E-state index in [1.807, 2.05) is 0 Å². The molecule has 0 aliphatic rings. The van der Waals surface area contributed by atoms with Gasteiger partial charge >= 0.3 is 0 Å². The highest BCUT2D eigenvalue weighted by atomic mass is 19.1. The topological polar surface area (TPSA) is 56.0 Å².